The van der Waals surface area contributed by atoms with E-state index in [1.54, 1.807) is 31.2 Å². The Balaban J connectivity index is 2.13. The first-order valence-electron chi connectivity index (χ1n) is 9.16. The van der Waals surface area contributed by atoms with Crippen LogP contribution in [0.15, 0.2) is 47.4 Å². The van der Waals surface area contributed by atoms with E-state index in [2.05, 4.69) is 5.32 Å². The van der Waals surface area contributed by atoms with Gasteiger partial charge in [0.2, 0.25) is 6.10 Å². The van der Waals surface area contributed by atoms with E-state index in [0.717, 1.165) is 4.31 Å². The number of anilines is 1. The predicted octanol–water partition coefficient (Wildman–Crippen LogP) is 1.57. The van der Waals surface area contributed by atoms with Crippen LogP contribution in [0.1, 0.15) is 17.3 Å². The summed E-state index contributed by atoms with van der Waals surface area (Å²) in [6.07, 6.45) is -1.14. The van der Waals surface area contributed by atoms with Crippen LogP contribution < -0.4 is 19.1 Å². The maximum Gasteiger partial charge on any atom is 0.348 e. The summed E-state index contributed by atoms with van der Waals surface area (Å²) in [5.41, 5.74) is 0.436. The molecule has 2 aromatic rings. The minimum Gasteiger partial charge on any atom is -0.495 e. The lowest BCUT2D eigenvalue weighted by Gasteiger charge is -2.34. The Labute approximate surface area is 174 Å². The summed E-state index contributed by atoms with van der Waals surface area (Å²) in [6.45, 7) is 1.86. The molecule has 10 heteroatoms. The van der Waals surface area contributed by atoms with Crippen molar-refractivity contribution in [2.75, 3.05) is 31.6 Å². The number of sulfonamides is 1. The van der Waals surface area contributed by atoms with E-state index < -0.39 is 28.0 Å². The van der Waals surface area contributed by atoms with Gasteiger partial charge in [0.1, 0.15) is 16.4 Å². The van der Waals surface area contributed by atoms with Crippen molar-refractivity contribution in [2.45, 2.75) is 17.9 Å². The SMILES string of the molecule is CCNC(=O)c1ccc(OC)c(S(=O)(=O)N2CC(C(=O)OC)Oc3ccccc32)c1. The Bertz CT molecular complexity index is 1070. The number of nitrogens with zero attached hydrogens (tertiary/aromatic N) is 1. The van der Waals surface area contributed by atoms with Crippen molar-refractivity contribution in [1.82, 2.24) is 5.32 Å². The quantitative estimate of drug-likeness (QED) is 0.687. The summed E-state index contributed by atoms with van der Waals surface area (Å²) in [5, 5.41) is 2.63. The van der Waals surface area contributed by atoms with Crippen molar-refractivity contribution in [3.8, 4) is 11.5 Å². The highest BCUT2D eigenvalue weighted by Crippen LogP contribution is 2.39. The summed E-state index contributed by atoms with van der Waals surface area (Å²) in [5.74, 6) is -0.817. The number of para-hydroxylation sites is 2. The summed E-state index contributed by atoms with van der Waals surface area (Å²) in [6, 6.07) is 10.6. The van der Waals surface area contributed by atoms with Crippen molar-refractivity contribution in [2.24, 2.45) is 0 Å². The van der Waals surface area contributed by atoms with E-state index in [0.29, 0.717) is 6.54 Å². The normalized spacial score (nSPS) is 15.6. The minimum atomic E-state index is -4.22. The second-order valence-electron chi connectivity index (χ2n) is 6.36. The summed E-state index contributed by atoms with van der Waals surface area (Å²) in [4.78, 5) is 24.1. The van der Waals surface area contributed by atoms with Gasteiger partial charge < -0.3 is 19.5 Å². The first kappa shape index (κ1) is 21.4. The third-order valence-corrected chi connectivity index (χ3v) is 6.33. The molecule has 1 heterocycles. The van der Waals surface area contributed by atoms with Crippen LogP contribution in [-0.2, 0) is 19.6 Å². The lowest BCUT2D eigenvalue weighted by Crippen LogP contribution is -2.47. The zero-order valence-electron chi connectivity index (χ0n) is 16.7. The van der Waals surface area contributed by atoms with Crippen LogP contribution in [-0.4, -0.2) is 53.7 Å². The molecular weight excluding hydrogens is 412 g/mol. The van der Waals surface area contributed by atoms with Crippen LogP contribution in [0.25, 0.3) is 0 Å². The number of amides is 1. The molecule has 1 aliphatic rings. The number of carbonyl (C=O) groups excluding carboxylic acids is 2. The topological polar surface area (TPSA) is 111 Å². The van der Waals surface area contributed by atoms with Gasteiger partial charge in [-0.15, -0.1) is 0 Å². The highest BCUT2D eigenvalue weighted by atomic mass is 32.2. The molecule has 1 aliphatic heterocycles. The van der Waals surface area contributed by atoms with Crippen molar-refractivity contribution in [3.05, 3.63) is 48.0 Å². The average molecular weight is 434 g/mol. The smallest absolute Gasteiger partial charge is 0.348 e. The lowest BCUT2D eigenvalue weighted by atomic mass is 10.2. The molecule has 0 fully saturated rings. The second-order valence-corrected chi connectivity index (χ2v) is 8.19. The fraction of sp³-hybridized carbons (Fsp3) is 0.300. The number of fused-ring (bicyclic) bond motifs is 1. The van der Waals surface area contributed by atoms with Crippen LogP contribution in [0.5, 0.6) is 11.5 Å². The monoisotopic (exact) mass is 434 g/mol. The maximum absolute atomic E-state index is 13.6. The van der Waals surface area contributed by atoms with Crippen LogP contribution in [0.2, 0.25) is 0 Å². The molecule has 0 saturated carbocycles. The predicted molar refractivity (Wildman–Crippen MR) is 108 cm³/mol. The Morgan fingerprint density at radius 3 is 2.60 bits per heavy atom. The van der Waals surface area contributed by atoms with Gasteiger partial charge in [0.15, 0.2) is 0 Å². The molecular formula is C20H22N2O7S. The molecule has 1 unspecified atom stereocenters. The zero-order chi connectivity index (χ0) is 21.9. The fourth-order valence-corrected chi connectivity index (χ4v) is 4.75. The number of carbonyl (C=O) groups is 2. The molecule has 2 aromatic carbocycles. The highest BCUT2D eigenvalue weighted by Gasteiger charge is 2.39. The molecule has 0 spiro atoms. The second kappa shape index (κ2) is 8.62. The first-order valence-corrected chi connectivity index (χ1v) is 10.6. The number of benzene rings is 2. The first-order chi connectivity index (χ1) is 14.3. The molecule has 3 rings (SSSR count). The average Bonchev–Trinajstić information content (AvgIpc) is 2.77. The summed E-state index contributed by atoms with van der Waals surface area (Å²) >= 11 is 0. The van der Waals surface area contributed by atoms with E-state index in [9.17, 15) is 18.0 Å². The van der Waals surface area contributed by atoms with Gasteiger partial charge in [-0.25, -0.2) is 13.2 Å². The Hall–Kier alpha value is -3.27. The van der Waals surface area contributed by atoms with Gasteiger partial charge in [-0.05, 0) is 37.3 Å². The van der Waals surface area contributed by atoms with Crippen molar-refractivity contribution < 1.29 is 32.2 Å². The van der Waals surface area contributed by atoms with Gasteiger partial charge in [-0.2, -0.15) is 0 Å². The molecule has 0 aliphatic carbocycles. The van der Waals surface area contributed by atoms with E-state index in [1.807, 2.05) is 0 Å². The van der Waals surface area contributed by atoms with E-state index in [-0.39, 0.29) is 34.2 Å². The molecule has 9 nitrogen and oxygen atoms in total. The third-order valence-electron chi connectivity index (χ3n) is 4.53. The van der Waals surface area contributed by atoms with Crippen LogP contribution in [0.4, 0.5) is 5.69 Å². The number of ether oxygens (including phenoxy) is 3. The van der Waals surface area contributed by atoms with Crippen LogP contribution >= 0.6 is 0 Å². The standard InChI is InChI=1S/C20H22N2O7S/c1-4-21-19(23)13-9-10-16(27-2)18(11-13)30(25,26)22-12-17(20(24)28-3)29-15-8-6-5-7-14(15)22/h5-11,17H,4,12H2,1-3H3,(H,21,23). The summed E-state index contributed by atoms with van der Waals surface area (Å²) < 4.78 is 43.9. The number of methoxy groups -OCH3 is 2. The zero-order valence-corrected chi connectivity index (χ0v) is 17.6. The molecule has 1 atom stereocenters. The van der Waals surface area contributed by atoms with Gasteiger partial charge in [-0.3, -0.25) is 9.10 Å². The lowest BCUT2D eigenvalue weighted by molar-refractivity contribution is -0.148. The molecule has 0 aromatic heterocycles. The number of esters is 1. The molecule has 1 amide bonds. The molecule has 160 valence electrons. The number of hydrogen-bond acceptors (Lipinski definition) is 7. The van der Waals surface area contributed by atoms with E-state index in [4.69, 9.17) is 14.2 Å². The number of hydrogen-bond donors (Lipinski definition) is 1. The molecule has 0 bridgehead atoms. The minimum absolute atomic E-state index is 0.0710. The van der Waals surface area contributed by atoms with E-state index in [1.165, 1.54) is 32.4 Å². The third kappa shape index (κ3) is 3.90. The Kier molecular flexibility index (Phi) is 6.16. The van der Waals surface area contributed by atoms with Crippen molar-refractivity contribution in [3.63, 3.8) is 0 Å². The summed E-state index contributed by atoms with van der Waals surface area (Å²) in [7, 11) is -1.69. The number of rotatable bonds is 6. The maximum atomic E-state index is 13.6. The van der Waals surface area contributed by atoms with Gasteiger partial charge in [0.05, 0.1) is 26.5 Å². The fourth-order valence-electron chi connectivity index (χ4n) is 3.08. The Morgan fingerprint density at radius 1 is 1.20 bits per heavy atom. The number of nitrogens with one attached hydrogen (secondary N) is 1. The molecule has 0 saturated heterocycles. The molecule has 1 N–H and O–H groups in total. The largest absolute Gasteiger partial charge is 0.495 e. The van der Waals surface area contributed by atoms with Crippen molar-refractivity contribution in [1.29, 1.82) is 0 Å². The molecule has 30 heavy (non-hydrogen) atoms. The van der Waals surface area contributed by atoms with Crippen molar-refractivity contribution >= 4 is 27.6 Å². The van der Waals surface area contributed by atoms with Gasteiger partial charge in [0, 0.05) is 12.1 Å². The highest BCUT2D eigenvalue weighted by molar-refractivity contribution is 7.93. The Morgan fingerprint density at radius 2 is 1.93 bits per heavy atom. The molecule has 0 radical (unpaired) electrons. The van der Waals surface area contributed by atoms with Gasteiger partial charge >= 0.3 is 5.97 Å². The van der Waals surface area contributed by atoms with Gasteiger partial charge in [-0.1, -0.05) is 12.1 Å². The van der Waals surface area contributed by atoms with Gasteiger partial charge in [0.25, 0.3) is 15.9 Å². The van der Waals surface area contributed by atoms with E-state index >= 15 is 0 Å². The van der Waals surface area contributed by atoms with Crippen LogP contribution in [0.3, 0.4) is 0 Å². The van der Waals surface area contributed by atoms with Crippen LogP contribution in [0, 0.1) is 0 Å².